The third-order valence-electron chi connectivity index (χ3n) is 2.59. The number of ether oxygens (including phenoxy) is 1. The highest BCUT2D eigenvalue weighted by Crippen LogP contribution is 2.35. The van der Waals surface area contributed by atoms with E-state index in [4.69, 9.17) is 4.74 Å². The van der Waals surface area contributed by atoms with Crippen LogP contribution in [0.15, 0.2) is 17.5 Å². The molecule has 0 aliphatic heterocycles. The van der Waals surface area contributed by atoms with E-state index in [9.17, 15) is 0 Å². The minimum absolute atomic E-state index is 0.797. The fourth-order valence-corrected chi connectivity index (χ4v) is 3.06. The molecule has 1 aromatic carbocycles. The first-order valence-corrected chi connectivity index (χ1v) is 7.31. The van der Waals surface area contributed by atoms with Gasteiger partial charge in [0.1, 0.15) is 10.8 Å². The van der Waals surface area contributed by atoms with E-state index in [0.717, 1.165) is 27.3 Å². The van der Waals surface area contributed by atoms with E-state index < -0.39 is 0 Å². The Hall–Kier alpha value is -0.870. The van der Waals surface area contributed by atoms with Crippen LogP contribution in [0.4, 0.5) is 0 Å². The van der Waals surface area contributed by atoms with Crippen molar-refractivity contribution in [3.05, 3.63) is 33.6 Å². The molecule has 0 aliphatic carbocycles. The lowest BCUT2D eigenvalue weighted by Gasteiger charge is -2.11. The van der Waals surface area contributed by atoms with Gasteiger partial charge in [-0.25, -0.2) is 4.98 Å². The second kappa shape index (κ2) is 5.19. The predicted octanol–water partition coefficient (Wildman–Crippen LogP) is 4.33. The van der Waals surface area contributed by atoms with Gasteiger partial charge in [0.25, 0.3) is 0 Å². The number of hydrogen-bond donors (Lipinski definition) is 0. The summed E-state index contributed by atoms with van der Waals surface area (Å²) in [6.07, 6.45) is 0. The lowest BCUT2D eigenvalue weighted by Crippen LogP contribution is -1.93. The maximum atomic E-state index is 5.46. The number of alkyl halides is 1. The van der Waals surface area contributed by atoms with Crippen molar-refractivity contribution in [1.82, 2.24) is 4.98 Å². The smallest absolute Gasteiger partial charge is 0.128 e. The second-order valence-corrected chi connectivity index (χ2v) is 5.42. The van der Waals surface area contributed by atoms with Crippen LogP contribution in [0.5, 0.6) is 5.75 Å². The summed E-state index contributed by atoms with van der Waals surface area (Å²) in [5.74, 6) is 0.897. The van der Waals surface area contributed by atoms with Crippen LogP contribution in [0.1, 0.15) is 16.1 Å². The Bertz CT molecular complexity index is 536. The summed E-state index contributed by atoms with van der Waals surface area (Å²) in [6, 6.07) is 4.21. The number of halogens is 1. The van der Waals surface area contributed by atoms with Crippen LogP contribution < -0.4 is 4.74 Å². The number of thiazole rings is 1. The molecule has 0 fully saturated rings. The number of aromatic nitrogens is 1. The highest BCUT2D eigenvalue weighted by molar-refractivity contribution is 9.08. The molecule has 2 rings (SSSR count). The Balaban J connectivity index is 2.57. The zero-order chi connectivity index (χ0) is 12.4. The minimum atomic E-state index is 0.797. The normalized spacial score (nSPS) is 10.6. The van der Waals surface area contributed by atoms with Gasteiger partial charge in [0.15, 0.2) is 0 Å². The van der Waals surface area contributed by atoms with Crippen molar-refractivity contribution in [3.63, 3.8) is 0 Å². The summed E-state index contributed by atoms with van der Waals surface area (Å²) in [6.45, 7) is 4.17. The largest absolute Gasteiger partial charge is 0.496 e. The molecule has 2 nitrogen and oxygen atoms in total. The van der Waals surface area contributed by atoms with Crippen molar-refractivity contribution in [2.45, 2.75) is 19.2 Å². The molecule has 90 valence electrons. The molecular formula is C13H14BrNOS. The summed E-state index contributed by atoms with van der Waals surface area (Å²) >= 11 is 5.09. The Morgan fingerprint density at radius 3 is 2.71 bits per heavy atom. The molecule has 0 saturated heterocycles. The van der Waals surface area contributed by atoms with Gasteiger partial charge in [0.05, 0.1) is 18.1 Å². The van der Waals surface area contributed by atoms with Gasteiger partial charge in [-0.3, -0.25) is 0 Å². The van der Waals surface area contributed by atoms with Gasteiger partial charge >= 0.3 is 0 Å². The number of hydrogen-bond acceptors (Lipinski definition) is 3. The topological polar surface area (TPSA) is 22.1 Å². The Kier molecular flexibility index (Phi) is 3.84. The van der Waals surface area contributed by atoms with Crippen LogP contribution >= 0.6 is 27.3 Å². The third kappa shape index (κ3) is 2.53. The van der Waals surface area contributed by atoms with E-state index in [1.54, 1.807) is 18.4 Å². The van der Waals surface area contributed by atoms with E-state index in [1.807, 2.05) is 0 Å². The number of rotatable bonds is 3. The Morgan fingerprint density at radius 1 is 1.35 bits per heavy atom. The Morgan fingerprint density at radius 2 is 2.12 bits per heavy atom. The molecule has 1 aromatic heterocycles. The van der Waals surface area contributed by atoms with Crippen molar-refractivity contribution >= 4 is 27.3 Å². The zero-order valence-electron chi connectivity index (χ0n) is 10.1. The lowest BCUT2D eigenvalue weighted by molar-refractivity contribution is 0.415. The molecule has 4 heteroatoms. The van der Waals surface area contributed by atoms with Gasteiger partial charge in [-0.1, -0.05) is 22.0 Å². The molecule has 0 aliphatic rings. The van der Waals surface area contributed by atoms with Gasteiger partial charge in [-0.15, -0.1) is 11.3 Å². The van der Waals surface area contributed by atoms with E-state index >= 15 is 0 Å². The highest BCUT2D eigenvalue weighted by atomic mass is 79.9. The van der Waals surface area contributed by atoms with Crippen molar-refractivity contribution in [3.8, 4) is 17.0 Å². The quantitative estimate of drug-likeness (QED) is 0.787. The zero-order valence-corrected chi connectivity index (χ0v) is 12.5. The maximum absolute atomic E-state index is 5.46. The maximum Gasteiger partial charge on any atom is 0.128 e. The molecule has 0 bridgehead atoms. The third-order valence-corrected chi connectivity index (χ3v) is 4.34. The molecule has 0 saturated carbocycles. The van der Waals surface area contributed by atoms with Crippen LogP contribution in [-0.4, -0.2) is 12.1 Å². The van der Waals surface area contributed by atoms with Crippen LogP contribution in [0, 0.1) is 13.8 Å². The number of aryl methyl sites for hydroxylation is 2. The number of nitrogens with zero attached hydrogens (tertiary/aromatic N) is 1. The van der Waals surface area contributed by atoms with Crippen LogP contribution in [-0.2, 0) is 5.33 Å². The Labute approximate surface area is 114 Å². The van der Waals surface area contributed by atoms with E-state index in [2.05, 4.69) is 52.3 Å². The van der Waals surface area contributed by atoms with E-state index in [1.165, 1.54) is 11.1 Å². The molecule has 0 atom stereocenters. The molecule has 2 aromatic rings. The first-order chi connectivity index (χ1) is 8.15. The SMILES string of the molecule is COc1cc(C)cc(C)c1-c1csc(CBr)n1. The second-order valence-electron chi connectivity index (χ2n) is 3.92. The monoisotopic (exact) mass is 311 g/mol. The summed E-state index contributed by atoms with van der Waals surface area (Å²) in [5, 5.41) is 3.96. The van der Waals surface area contributed by atoms with Gasteiger partial charge in [-0.2, -0.15) is 0 Å². The van der Waals surface area contributed by atoms with Gasteiger partial charge in [0, 0.05) is 10.9 Å². The molecule has 17 heavy (non-hydrogen) atoms. The molecule has 0 radical (unpaired) electrons. The first-order valence-electron chi connectivity index (χ1n) is 5.31. The lowest BCUT2D eigenvalue weighted by atomic mass is 10.0. The molecule has 0 unspecified atom stereocenters. The first kappa shape index (κ1) is 12.6. The van der Waals surface area contributed by atoms with Gasteiger partial charge < -0.3 is 4.74 Å². The average molecular weight is 312 g/mol. The number of benzene rings is 1. The number of methoxy groups -OCH3 is 1. The van der Waals surface area contributed by atoms with Crippen LogP contribution in [0.2, 0.25) is 0 Å². The van der Waals surface area contributed by atoms with Gasteiger partial charge in [-0.05, 0) is 31.0 Å². The van der Waals surface area contributed by atoms with Gasteiger partial charge in [0.2, 0.25) is 0 Å². The van der Waals surface area contributed by atoms with Crippen LogP contribution in [0.3, 0.4) is 0 Å². The van der Waals surface area contributed by atoms with E-state index in [0.29, 0.717) is 0 Å². The van der Waals surface area contributed by atoms with Crippen molar-refractivity contribution in [2.75, 3.05) is 7.11 Å². The summed E-state index contributed by atoms with van der Waals surface area (Å²) in [4.78, 5) is 4.59. The molecular weight excluding hydrogens is 298 g/mol. The fraction of sp³-hybridized carbons (Fsp3) is 0.308. The highest BCUT2D eigenvalue weighted by Gasteiger charge is 2.13. The molecule has 0 N–H and O–H groups in total. The molecule has 1 heterocycles. The molecule has 0 spiro atoms. The van der Waals surface area contributed by atoms with Crippen molar-refractivity contribution in [2.24, 2.45) is 0 Å². The molecule has 0 amide bonds. The summed E-state index contributed by atoms with van der Waals surface area (Å²) in [7, 11) is 1.70. The minimum Gasteiger partial charge on any atom is -0.496 e. The summed E-state index contributed by atoms with van der Waals surface area (Å²) in [5.41, 5.74) is 4.51. The van der Waals surface area contributed by atoms with Crippen LogP contribution in [0.25, 0.3) is 11.3 Å². The summed E-state index contributed by atoms with van der Waals surface area (Å²) < 4.78 is 5.46. The van der Waals surface area contributed by atoms with E-state index in [-0.39, 0.29) is 0 Å². The fourth-order valence-electron chi connectivity index (χ4n) is 1.90. The standard InChI is InChI=1S/C13H14BrNOS/c1-8-4-9(2)13(11(5-8)16-3)10-7-17-12(6-14)15-10/h4-5,7H,6H2,1-3H3. The van der Waals surface area contributed by atoms with Crippen molar-refractivity contribution < 1.29 is 4.74 Å². The predicted molar refractivity (Wildman–Crippen MR) is 76.2 cm³/mol. The average Bonchev–Trinajstić information content (AvgIpc) is 2.76. The van der Waals surface area contributed by atoms with Crippen molar-refractivity contribution in [1.29, 1.82) is 0 Å².